The number of carbonyl (C=O) groups is 1. The summed E-state index contributed by atoms with van der Waals surface area (Å²) in [4.78, 5) is 11.3. The van der Waals surface area contributed by atoms with Gasteiger partial charge in [-0.05, 0) is 18.2 Å². The Morgan fingerprint density at radius 1 is 1.53 bits per heavy atom. The van der Waals surface area contributed by atoms with Gasteiger partial charge in [0.25, 0.3) is 12.3 Å². The molecule has 0 radical (unpaired) electrons. The summed E-state index contributed by atoms with van der Waals surface area (Å²) in [5.41, 5.74) is 5.79. The van der Waals surface area contributed by atoms with Crippen molar-refractivity contribution < 1.29 is 13.6 Å². The number of amides is 1. The summed E-state index contributed by atoms with van der Waals surface area (Å²) < 4.78 is 23.6. The van der Waals surface area contributed by atoms with E-state index in [1.807, 2.05) is 5.32 Å². The Morgan fingerprint density at radius 3 is 2.80 bits per heavy atom. The van der Waals surface area contributed by atoms with Crippen molar-refractivity contribution in [3.8, 4) is 0 Å². The van der Waals surface area contributed by atoms with Gasteiger partial charge in [0.2, 0.25) is 0 Å². The summed E-state index contributed by atoms with van der Waals surface area (Å²) in [7, 11) is 0. The van der Waals surface area contributed by atoms with Crippen LogP contribution in [0.4, 0.5) is 14.5 Å². The highest BCUT2D eigenvalue weighted by Gasteiger charge is 2.11. The van der Waals surface area contributed by atoms with Crippen LogP contribution < -0.4 is 11.1 Å². The van der Waals surface area contributed by atoms with Gasteiger partial charge in [0.05, 0.1) is 12.1 Å². The molecule has 0 aliphatic carbocycles. The molecule has 15 heavy (non-hydrogen) atoms. The fraction of sp³-hybridized carbons (Fsp3) is 0.222. The number of carbonyl (C=O) groups excluding carboxylic acids is 1. The van der Waals surface area contributed by atoms with Gasteiger partial charge in [0.15, 0.2) is 0 Å². The van der Waals surface area contributed by atoms with Crippen LogP contribution in [0, 0.1) is 0 Å². The van der Waals surface area contributed by atoms with Crippen LogP contribution in [-0.4, -0.2) is 18.9 Å². The predicted molar refractivity (Wildman–Crippen MR) is 54.2 cm³/mol. The largest absolute Gasteiger partial charge is 0.398 e. The average Bonchev–Trinajstić information content (AvgIpc) is 2.18. The van der Waals surface area contributed by atoms with E-state index in [9.17, 15) is 13.6 Å². The molecule has 0 bridgehead atoms. The van der Waals surface area contributed by atoms with Crippen LogP contribution in [0.3, 0.4) is 0 Å². The summed E-state index contributed by atoms with van der Waals surface area (Å²) in [6.45, 7) is -0.704. The third kappa shape index (κ3) is 3.36. The van der Waals surface area contributed by atoms with Crippen molar-refractivity contribution in [3.63, 3.8) is 0 Å². The van der Waals surface area contributed by atoms with Crippen molar-refractivity contribution in [1.29, 1.82) is 0 Å². The molecule has 1 aromatic carbocycles. The Balaban J connectivity index is 2.77. The van der Waals surface area contributed by atoms with Gasteiger partial charge in [0.1, 0.15) is 0 Å². The molecule has 3 N–H and O–H groups in total. The lowest BCUT2D eigenvalue weighted by Crippen LogP contribution is -2.29. The Labute approximate surface area is 90.2 Å². The smallest absolute Gasteiger partial charge is 0.255 e. The summed E-state index contributed by atoms with van der Waals surface area (Å²) in [5.74, 6) is -0.657. The molecule has 0 spiro atoms. The lowest BCUT2D eigenvalue weighted by atomic mass is 10.1. The molecule has 0 saturated heterocycles. The monoisotopic (exact) mass is 234 g/mol. The molecule has 6 heteroatoms. The van der Waals surface area contributed by atoms with E-state index in [-0.39, 0.29) is 11.3 Å². The zero-order chi connectivity index (χ0) is 11.4. The third-order valence-corrected chi connectivity index (χ3v) is 1.91. The predicted octanol–water partition coefficient (Wildman–Crippen LogP) is 1.92. The van der Waals surface area contributed by atoms with Crippen LogP contribution in [0.15, 0.2) is 18.2 Å². The molecule has 0 heterocycles. The standard InChI is InChI=1S/C9H9ClF2N2O/c10-5-1-2-7(13)6(3-5)9(15)14-4-8(11)12/h1-3,8H,4,13H2,(H,14,15). The molecule has 3 nitrogen and oxygen atoms in total. The number of halogens is 3. The van der Waals surface area contributed by atoms with Crippen molar-refractivity contribution in [2.45, 2.75) is 6.43 Å². The molecule has 0 fully saturated rings. The number of nitrogen functional groups attached to an aromatic ring is 1. The number of rotatable bonds is 3. The zero-order valence-corrected chi connectivity index (χ0v) is 8.39. The molecule has 0 atom stereocenters. The molecular weight excluding hydrogens is 226 g/mol. The number of alkyl halides is 2. The molecule has 82 valence electrons. The normalized spacial score (nSPS) is 10.4. The highest BCUT2D eigenvalue weighted by atomic mass is 35.5. The quantitative estimate of drug-likeness (QED) is 0.785. The lowest BCUT2D eigenvalue weighted by molar-refractivity contribution is 0.0892. The van der Waals surface area contributed by atoms with E-state index in [4.69, 9.17) is 17.3 Å². The number of benzene rings is 1. The SMILES string of the molecule is Nc1ccc(Cl)cc1C(=O)NCC(F)F. The van der Waals surface area contributed by atoms with E-state index in [1.54, 1.807) is 0 Å². The van der Waals surface area contributed by atoms with Gasteiger partial charge >= 0.3 is 0 Å². The van der Waals surface area contributed by atoms with Gasteiger partial charge in [-0.15, -0.1) is 0 Å². The molecule has 1 rings (SSSR count). The topological polar surface area (TPSA) is 55.1 Å². The van der Waals surface area contributed by atoms with Gasteiger partial charge < -0.3 is 11.1 Å². The van der Waals surface area contributed by atoms with Crippen LogP contribution >= 0.6 is 11.6 Å². The molecular formula is C9H9ClF2N2O. The molecule has 0 saturated carbocycles. The minimum absolute atomic E-state index is 0.100. The maximum Gasteiger partial charge on any atom is 0.255 e. The van der Waals surface area contributed by atoms with E-state index in [2.05, 4.69) is 0 Å². The molecule has 0 unspecified atom stereocenters. The van der Waals surface area contributed by atoms with Gasteiger partial charge in [-0.1, -0.05) is 11.6 Å². The number of nitrogens with one attached hydrogen (secondary N) is 1. The first-order chi connectivity index (χ1) is 7.00. The van der Waals surface area contributed by atoms with E-state index < -0.39 is 18.9 Å². The second-order valence-electron chi connectivity index (χ2n) is 2.83. The van der Waals surface area contributed by atoms with Gasteiger partial charge in [0, 0.05) is 10.7 Å². The van der Waals surface area contributed by atoms with Crippen LogP contribution in [-0.2, 0) is 0 Å². The number of anilines is 1. The van der Waals surface area contributed by atoms with Crippen molar-refractivity contribution in [1.82, 2.24) is 5.32 Å². The van der Waals surface area contributed by atoms with Crippen molar-refractivity contribution in [2.75, 3.05) is 12.3 Å². The number of nitrogens with two attached hydrogens (primary N) is 1. The van der Waals surface area contributed by atoms with Crippen molar-refractivity contribution in [2.24, 2.45) is 0 Å². The minimum Gasteiger partial charge on any atom is -0.398 e. The van der Waals surface area contributed by atoms with Gasteiger partial charge in [-0.3, -0.25) is 4.79 Å². The minimum atomic E-state index is -2.59. The fourth-order valence-electron chi connectivity index (χ4n) is 0.990. The first kappa shape index (κ1) is 11.7. The van der Waals surface area contributed by atoms with E-state index in [0.717, 1.165) is 0 Å². The number of hydrogen-bond acceptors (Lipinski definition) is 2. The average molecular weight is 235 g/mol. The fourth-order valence-corrected chi connectivity index (χ4v) is 1.16. The third-order valence-electron chi connectivity index (χ3n) is 1.68. The number of hydrogen-bond donors (Lipinski definition) is 2. The second-order valence-corrected chi connectivity index (χ2v) is 3.27. The van der Waals surface area contributed by atoms with Crippen molar-refractivity contribution in [3.05, 3.63) is 28.8 Å². The summed E-state index contributed by atoms with van der Waals surface area (Å²) in [6.07, 6.45) is -2.59. The molecule has 1 amide bonds. The Kier molecular flexibility index (Phi) is 3.85. The van der Waals surface area contributed by atoms with E-state index in [1.165, 1.54) is 18.2 Å². The molecule has 0 aliphatic rings. The van der Waals surface area contributed by atoms with Crippen molar-refractivity contribution >= 4 is 23.2 Å². The second kappa shape index (κ2) is 4.93. The Bertz CT molecular complexity index is 371. The summed E-state index contributed by atoms with van der Waals surface area (Å²) in [6, 6.07) is 4.29. The van der Waals surface area contributed by atoms with Gasteiger partial charge in [-0.2, -0.15) is 0 Å². The first-order valence-corrected chi connectivity index (χ1v) is 4.50. The maximum atomic E-state index is 11.8. The molecule has 1 aromatic rings. The van der Waals surface area contributed by atoms with E-state index >= 15 is 0 Å². The van der Waals surface area contributed by atoms with Crippen LogP contribution in [0.1, 0.15) is 10.4 Å². The highest BCUT2D eigenvalue weighted by Crippen LogP contribution is 2.17. The zero-order valence-electron chi connectivity index (χ0n) is 7.64. The van der Waals surface area contributed by atoms with Crippen LogP contribution in [0.25, 0.3) is 0 Å². The molecule has 0 aromatic heterocycles. The summed E-state index contributed by atoms with van der Waals surface area (Å²) >= 11 is 5.64. The molecule has 0 aliphatic heterocycles. The first-order valence-electron chi connectivity index (χ1n) is 4.12. The van der Waals surface area contributed by atoms with E-state index in [0.29, 0.717) is 5.02 Å². The Hall–Kier alpha value is -1.36. The highest BCUT2D eigenvalue weighted by molar-refractivity contribution is 6.31. The van der Waals surface area contributed by atoms with Crippen LogP contribution in [0.2, 0.25) is 5.02 Å². The maximum absolute atomic E-state index is 11.8. The summed E-state index contributed by atoms with van der Waals surface area (Å²) in [5, 5.41) is 2.36. The van der Waals surface area contributed by atoms with Gasteiger partial charge in [-0.25, -0.2) is 8.78 Å². The Morgan fingerprint density at radius 2 is 2.20 bits per heavy atom. The lowest BCUT2D eigenvalue weighted by Gasteiger charge is -2.07. The van der Waals surface area contributed by atoms with Crippen LogP contribution in [0.5, 0.6) is 0 Å².